The summed E-state index contributed by atoms with van der Waals surface area (Å²) in [5.41, 5.74) is 3.13. The molecule has 1 aromatic carbocycles. The Morgan fingerprint density at radius 2 is 2.10 bits per heavy atom. The van der Waals surface area contributed by atoms with Crippen LogP contribution in [0.5, 0.6) is 5.75 Å². The average molecular weight is 286 g/mol. The molecule has 2 aromatic heterocycles. The number of aromatic nitrogens is 2. The first-order valence-electron chi connectivity index (χ1n) is 6.26. The first-order chi connectivity index (χ1) is 9.71. The minimum absolute atomic E-state index is 0.684. The van der Waals surface area contributed by atoms with E-state index in [-0.39, 0.29) is 0 Å². The van der Waals surface area contributed by atoms with Gasteiger partial charge in [0.1, 0.15) is 5.75 Å². The number of thiophene rings is 1. The molecule has 0 radical (unpaired) electrons. The van der Waals surface area contributed by atoms with Crippen LogP contribution in [0, 0.1) is 6.92 Å². The monoisotopic (exact) mass is 286 g/mol. The topological polar surface area (TPSA) is 44.1 Å². The van der Waals surface area contributed by atoms with E-state index in [4.69, 9.17) is 4.74 Å². The molecule has 4 nitrogen and oxygen atoms in total. The molecular weight excluding hydrogens is 272 g/mol. The van der Waals surface area contributed by atoms with Gasteiger partial charge in [-0.15, -0.1) is 11.3 Å². The fourth-order valence-electron chi connectivity index (χ4n) is 2.21. The molecule has 0 amide bonds. The number of methoxy groups -OCH3 is 1. The lowest BCUT2D eigenvalue weighted by molar-refractivity contribution is 0.112. The van der Waals surface area contributed by atoms with E-state index in [1.807, 2.05) is 41.9 Å². The average Bonchev–Trinajstić information content (AvgIpc) is 3.02. The Labute approximate surface area is 120 Å². The van der Waals surface area contributed by atoms with Gasteiger partial charge in [-0.25, -0.2) is 0 Å². The van der Waals surface area contributed by atoms with Crippen LogP contribution in [-0.4, -0.2) is 23.2 Å². The quantitative estimate of drug-likeness (QED) is 0.691. The summed E-state index contributed by atoms with van der Waals surface area (Å²) in [5.74, 6) is 0.842. The Morgan fingerprint density at radius 3 is 2.75 bits per heavy atom. The van der Waals surface area contributed by atoms with E-state index in [0.717, 1.165) is 38.4 Å². The number of benzene rings is 1. The van der Waals surface area contributed by atoms with Crippen molar-refractivity contribution in [1.82, 2.24) is 9.78 Å². The Bertz CT molecular complexity index is 756. The van der Waals surface area contributed by atoms with Gasteiger partial charge in [-0.2, -0.15) is 5.10 Å². The molecular formula is C15H14N2O2S. The van der Waals surface area contributed by atoms with E-state index in [1.54, 1.807) is 7.11 Å². The van der Waals surface area contributed by atoms with Crippen LogP contribution in [0.1, 0.15) is 20.9 Å². The second kappa shape index (κ2) is 5.09. The standard InChI is InChI=1S/C15H14N2O2S/c1-10-15-14(7-13(9-18)20-15)17(16-10)8-11-3-5-12(19-2)6-4-11/h3-7,9H,8H2,1-2H3. The zero-order valence-corrected chi connectivity index (χ0v) is 12.1. The largest absolute Gasteiger partial charge is 0.497 e. The Morgan fingerprint density at radius 1 is 1.35 bits per heavy atom. The highest BCUT2D eigenvalue weighted by molar-refractivity contribution is 7.20. The third-order valence-corrected chi connectivity index (χ3v) is 4.37. The molecule has 0 saturated carbocycles. The molecule has 0 saturated heterocycles. The fraction of sp³-hybridized carbons (Fsp3) is 0.200. The van der Waals surface area contributed by atoms with Crippen molar-refractivity contribution in [1.29, 1.82) is 0 Å². The highest BCUT2D eigenvalue weighted by Crippen LogP contribution is 2.28. The van der Waals surface area contributed by atoms with Crippen LogP contribution in [0.15, 0.2) is 30.3 Å². The van der Waals surface area contributed by atoms with Gasteiger partial charge in [-0.05, 0) is 30.7 Å². The summed E-state index contributed by atoms with van der Waals surface area (Å²) in [6.07, 6.45) is 0.891. The predicted octanol–water partition coefficient (Wildman–Crippen LogP) is 3.28. The number of aryl methyl sites for hydroxylation is 1. The number of nitrogens with zero attached hydrogens (tertiary/aromatic N) is 2. The minimum atomic E-state index is 0.684. The number of hydrogen-bond acceptors (Lipinski definition) is 4. The molecule has 20 heavy (non-hydrogen) atoms. The Kier molecular flexibility index (Phi) is 3.28. The smallest absolute Gasteiger partial charge is 0.160 e. The maximum Gasteiger partial charge on any atom is 0.160 e. The maximum atomic E-state index is 10.9. The van der Waals surface area contributed by atoms with Gasteiger partial charge in [-0.1, -0.05) is 12.1 Å². The van der Waals surface area contributed by atoms with Crippen LogP contribution in [0.2, 0.25) is 0 Å². The van der Waals surface area contributed by atoms with E-state index < -0.39 is 0 Å². The Hall–Kier alpha value is -2.14. The number of fused-ring (bicyclic) bond motifs is 1. The lowest BCUT2D eigenvalue weighted by Crippen LogP contribution is -2.01. The summed E-state index contributed by atoms with van der Waals surface area (Å²) < 4.78 is 8.18. The zero-order chi connectivity index (χ0) is 14.1. The highest BCUT2D eigenvalue weighted by atomic mass is 32.1. The first kappa shape index (κ1) is 12.9. The lowest BCUT2D eigenvalue weighted by Gasteiger charge is -2.04. The number of carbonyl (C=O) groups is 1. The molecule has 0 aliphatic rings. The predicted molar refractivity (Wildman–Crippen MR) is 79.8 cm³/mol. The van der Waals surface area contributed by atoms with Gasteiger partial charge in [0.25, 0.3) is 0 Å². The van der Waals surface area contributed by atoms with Crippen LogP contribution in [0.4, 0.5) is 0 Å². The number of carbonyl (C=O) groups excluding carboxylic acids is 1. The van der Waals surface area contributed by atoms with Gasteiger partial charge >= 0.3 is 0 Å². The van der Waals surface area contributed by atoms with Crippen molar-refractivity contribution in [2.24, 2.45) is 0 Å². The van der Waals surface area contributed by atoms with E-state index in [9.17, 15) is 4.79 Å². The number of hydrogen-bond donors (Lipinski definition) is 0. The molecule has 3 rings (SSSR count). The highest BCUT2D eigenvalue weighted by Gasteiger charge is 2.11. The summed E-state index contributed by atoms with van der Waals surface area (Å²) in [6, 6.07) is 9.82. The van der Waals surface area contributed by atoms with Crippen molar-refractivity contribution >= 4 is 27.8 Å². The number of aldehydes is 1. The number of ether oxygens (including phenoxy) is 1. The van der Waals surface area contributed by atoms with Crippen molar-refractivity contribution < 1.29 is 9.53 Å². The summed E-state index contributed by atoms with van der Waals surface area (Å²) in [4.78, 5) is 11.6. The van der Waals surface area contributed by atoms with E-state index in [2.05, 4.69) is 5.10 Å². The summed E-state index contributed by atoms with van der Waals surface area (Å²) in [5, 5.41) is 4.54. The third-order valence-electron chi connectivity index (χ3n) is 3.22. The van der Waals surface area contributed by atoms with Crippen LogP contribution in [-0.2, 0) is 6.54 Å². The van der Waals surface area contributed by atoms with Crippen molar-refractivity contribution in [3.8, 4) is 5.75 Å². The third kappa shape index (κ3) is 2.20. The van der Waals surface area contributed by atoms with Gasteiger partial charge < -0.3 is 4.74 Å². The molecule has 3 aromatic rings. The van der Waals surface area contributed by atoms with E-state index in [0.29, 0.717) is 6.54 Å². The van der Waals surface area contributed by atoms with Crippen molar-refractivity contribution in [3.05, 3.63) is 46.5 Å². The van der Waals surface area contributed by atoms with Crippen LogP contribution < -0.4 is 4.74 Å². The molecule has 0 aliphatic carbocycles. The molecule has 5 heteroatoms. The molecule has 0 fully saturated rings. The molecule has 0 bridgehead atoms. The van der Waals surface area contributed by atoms with Crippen molar-refractivity contribution in [3.63, 3.8) is 0 Å². The summed E-state index contributed by atoms with van der Waals surface area (Å²) in [6.45, 7) is 2.65. The van der Waals surface area contributed by atoms with Crippen molar-refractivity contribution in [2.75, 3.05) is 7.11 Å². The van der Waals surface area contributed by atoms with Gasteiger partial charge in [0, 0.05) is 0 Å². The van der Waals surface area contributed by atoms with Gasteiger partial charge in [0.2, 0.25) is 0 Å². The maximum absolute atomic E-state index is 10.9. The second-order valence-electron chi connectivity index (χ2n) is 4.57. The molecule has 0 spiro atoms. The van der Waals surface area contributed by atoms with Crippen LogP contribution >= 0.6 is 11.3 Å². The molecule has 2 heterocycles. The van der Waals surface area contributed by atoms with Gasteiger partial charge in [0.15, 0.2) is 6.29 Å². The van der Waals surface area contributed by atoms with Crippen LogP contribution in [0.3, 0.4) is 0 Å². The molecule has 102 valence electrons. The normalized spacial score (nSPS) is 10.9. The number of rotatable bonds is 4. The molecule has 0 N–H and O–H groups in total. The van der Waals surface area contributed by atoms with Gasteiger partial charge in [0.05, 0.1) is 34.4 Å². The summed E-state index contributed by atoms with van der Waals surface area (Å²) in [7, 11) is 1.65. The lowest BCUT2D eigenvalue weighted by atomic mass is 10.2. The molecule has 0 aliphatic heterocycles. The van der Waals surface area contributed by atoms with Crippen LogP contribution in [0.25, 0.3) is 10.2 Å². The zero-order valence-electron chi connectivity index (χ0n) is 11.3. The van der Waals surface area contributed by atoms with Gasteiger partial charge in [-0.3, -0.25) is 9.48 Å². The molecule has 0 unspecified atom stereocenters. The SMILES string of the molecule is COc1ccc(Cn2nc(C)c3sc(C=O)cc32)cc1. The second-order valence-corrected chi connectivity index (χ2v) is 5.66. The minimum Gasteiger partial charge on any atom is -0.497 e. The van der Waals surface area contributed by atoms with E-state index in [1.165, 1.54) is 11.3 Å². The summed E-state index contributed by atoms with van der Waals surface area (Å²) >= 11 is 1.49. The van der Waals surface area contributed by atoms with E-state index >= 15 is 0 Å². The Balaban J connectivity index is 1.96. The van der Waals surface area contributed by atoms with Crippen molar-refractivity contribution in [2.45, 2.75) is 13.5 Å². The fourth-order valence-corrected chi connectivity index (χ4v) is 3.13. The first-order valence-corrected chi connectivity index (χ1v) is 7.08. The molecule has 0 atom stereocenters.